The number of amides is 1. The van der Waals surface area contributed by atoms with E-state index in [1.807, 2.05) is 42.6 Å². The zero-order valence-electron chi connectivity index (χ0n) is 12.6. The van der Waals surface area contributed by atoms with Crippen LogP contribution in [0.3, 0.4) is 0 Å². The van der Waals surface area contributed by atoms with Gasteiger partial charge in [0.1, 0.15) is 0 Å². The number of aryl methyl sites for hydroxylation is 1. The molecular weight excluding hydrogens is 296 g/mol. The van der Waals surface area contributed by atoms with E-state index < -0.39 is 0 Å². The summed E-state index contributed by atoms with van der Waals surface area (Å²) < 4.78 is 5.56. The third-order valence-corrected chi connectivity index (χ3v) is 3.71. The first-order chi connectivity index (χ1) is 10.7. The molecule has 2 rings (SSSR count). The molecule has 1 aromatic carbocycles. The summed E-state index contributed by atoms with van der Waals surface area (Å²) in [4.78, 5) is 15.9. The molecular formula is C17H20N2O2S. The van der Waals surface area contributed by atoms with Gasteiger partial charge in [-0.05, 0) is 25.0 Å². The Balaban J connectivity index is 1.54. The number of nitrogens with one attached hydrogen (secondary N) is 1. The van der Waals surface area contributed by atoms with Crippen LogP contribution in [0, 0.1) is 6.92 Å². The summed E-state index contributed by atoms with van der Waals surface area (Å²) in [5.41, 5.74) is 1.98. The van der Waals surface area contributed by atoms with E-state index in [1.165, 1.54) is 6.08 Å². The minimum atomic E-state index is -0.103. The zero-order valence-corrected chi connectivity index (χ0v) is 13.4. The Morgan fingerprint density at radius 3 is 2.91 bits per heavy atom. The fraction of sp³-hybridized carbons (Fsp3) is 0.294. The third-order valence-electron chi connectivity index (χ3n) is 2.92. The predicted molar refractivity (Wildman–Crippen MR) is 89.6 cm³/mol. The van der Waals surface area contributed by atoms with Crippen molar-refractivity contribution in [2.45, 2.75) is 20.0 Å². The lowest BCUT2D eigenvalue weighted by Gasteiger charge is -2.05. The molecule has 2 aromatic rings. The second kappa shape index (κ2) is 9.12. The number of hydrogen-bond acceptors (Lipinski definition) is 4. The van der Waals surface area contributed by atoms with Crippen LogP contribution < -0.4 is 5.32 Å². The number of thiazole rings is 1. The summed E-state index contributed by atoms with van der Waals surface area (Å²) in [7, 11) is 0. The summed E-state index contributed by atoms with van der Waals surface area (Å²) in [6.45, 7) is 3.79. The Morgan fingerprint density at radius 1 is 1.36 bits per heavy atom. The maximum atomic E-state index is 11.6. The molecule has 1 heterocycles. The molecule has 0 fully saturated rings. The van der Waals surface area contributed by atoms with Crippen LogP contribution in [0.4, 0.5) is 0 Å². The zero-order chi connectivity index (χ0) is 15.6. The summed E-state index contributed by atoms with van der Waals surface area (Å²) in [5, 5.41) is 5.75. The maximum absolute atomic E-state index is 11.6. The van der Waals surface area contributed by atoms with Gasteiger partial charge in [0, 0.05) is 24.6 Å². The van der Waals surface area contributed by atoms with Crippen LogP contribution in [0.2, 0.25) is 0 Å². The number of hydrogen-bond donors (Lipinski definition) is 1. The highest BCUT2D eigenvalue weighted by Crippen LogP contribution is 2.08. The fourth-order valence-electron chi connectivity index (χ4n) is 1.83. The molecule has 0 unspecified atom stereocenters. The first-order valence-electron chi connectivity index (χ1n) is 7.24. The van der Waals surface area contributed by atoms with Crippen molar-refractivity contribution in [2.75, 3.05) is 13.2 Å². The molecule has 22 heavy (non-hydrogen) atoms. The first kappa shape index (κ1) is 16.4. The van der Waals surface area contributed by atoms with Crippen LogP contribution in [-0.4, -0.2) is 24.0 Å². The molecule has 1 aromatic heterocycles. The lowest BCUT2D eigenvalue weighted by molar-refractivity contribution is -0.116. The second-order valence-corrected chi connectivity index (χ2v) is 5.87. The predicted octanol–water partition coefficient (Wildman–Crippen LogP) is 3.19. The molecule has 0 aliphatic carbocycles. The first-order valence-corrected chi connectivity index (χ1v) is 8.12. The molecule has 0 radical (unpaired) electrons. The van der Waals surface area contributed by atoms with Crippen molar-refractivity contribution in [1.82, 2.24) is 10.3 Å². The number of aromatic nitrogens is 1. The van der Waals surface area contributed by atoms with E-state index in [0.29, 0.717) is 19.8 Å². The molecule has 0 atom stereocenters. The molecule has 1 amide bonds. The van der Waals surface area contributed by atoms with Gasteiger partial charge in [-0.3, -0.25) is 4.79 Å². The summed E-state index contributed by atoms with van der Waals surface area (Å²) in [6.07, 6.45) is 4.03. The third kappa shape index (κ3) is 6.20. The van der Waals surface area contributed by atoms with Gasteiger partial charge < -0.3 is 10.1 Å². The minimum absolute atomic E-state index is 0.103. The van der Waals surface area contributed by atoms with Crippen LogP contribution >= 0.6 is 11.3 Å². The van der Waals surface area contributed by atoms with E-state index in [-0.39, 0.29) is 5.91 Å². The molecule has 4 nitrogen and oxygen atoms in total. The Hall–Kier alpha value is -1.98. The normalized spacial score (nSPS) is 11.0. The van der Waals surface area contributed by atoms with Crippen LogP contribution in [0.15, 0.2) is 41.8 Å². The van der Waals surface area contributed by atoms with Crippen molar-refractivity contribution in [2.24, 2.45) is 0 Å². The van der Waals surface area contributed by atoms with Crippen molar-refractivity contribution in [1.29, 1.82) is 0 Å². The average molecular weight is 316 g/mol. The van der Waals surface area contributed by atoms with Crippen molar-refractivity contribution in [3.05, 3.63) is 58.1 Å². The summed E-state index contributed by atoms with van der Waals surface area (Å²) >= 11 is 1.57. The van der Waals surface area contributed by atoms with Gasteiger partial charge in [-0.1, -0.05) is 30.3 Å². The molecule has 0 saturated heterocycles. The van der Waals surface area contributed by atoms with Gasteiger partial charge in [0.25, 0.3) is 0 Å². The molecule has 116 valence electrons. The Bertz CT molecular complexity index is 608. The SMILES string of the molecule is Cc1nc(/C=C/C(=O)NCCCOCc2ccccc2)cs1. The van der Waals surface area contributed by atoms with Crippen molar-refractivity contribution in [3.63, 3.8) is 0 Å². The van der Waals surface area contributed by atoms with E-state index in [1.54, 1.807) is 17.4 Å². The number of benzene rings is 1. The lowest BCUT2D eigenvalue weighted by Crippen LogP contribution is -2.23. The smallest absolute Gasteiger partial charge is 0.244 e. The van der Waals surface area contributed by atoms with E-state index >= 15 is 0 Å². The molecule has 5 heteroatoms. The largest absolute Gasteiger partial charge is 0.377 e. The molecule has 0 saturated carbocycles. The average Bonchev–Trinajstić information content (AvgIpc) is 2.95. The topological polar surface area (TPSA) is 51.2 Å². The molecule has 0 spiro atoms. The lowest BCUT2D eigenvalue weighted by atomic mass is 10.2. The number of rotatable bonds is 8. The second-order valence-electron chi connectivity index (χ2n) is 4.81. The van der Waals surface area contributed by atoms with Gasteiger partial charge in [-0.25, -0.2) is 4.98 Å². The highest BCUT2D eigenvalue weighted by Gasteiger charge is 1.97. The molecule has 0 aliphatic rings. The standard InChI is InChI=1S/C17H20N2O2S/c1-14-19-16(13-22-14)8-9-17(20)18-10-5-11-21-12-15-6-3-2-4-7-15/h2-4,6-9,13H,5,10-12H2,1H3,(H,18,20)/b9-8+. The molecule has 0 bridgehead atoms. The van der Waals surface area contributed by atoms with Gasteiger partial charge in [0.2, 0.25) is 5.91 Å². The quantitative estimate of drug-likeness (QED) is 0.601. The minimum Gasteiger partial charge on any atom is -0.377 e. The van der Waals surface area contributed by atoms with E-state index in [4.69, 9.17) is 4.74 Å². The highest BCUT2D eigenvalue weighted by molar-refractivity contribution is 7.09. The van der Waals surface area contributed by atoms with Crippen LogP contribution in [0.25, 0.3) is 6.08 Å². The van der Waals surface area contributed by atoms with Crippen molar-refractivity contribution < 1.29 is 9.53 Å². The number of nitrogens with zero attached hydrogens (tertiary/aromatic N) is 1. The molecule has 1 N–H and O–H groups in total. The number of carbonyl (C=O) groups excluding carboxylic acids is 1. The monoisotopic (exact) mass is 316 g/mol. The fourth-order valence-corrected chi connectivity index (χ4v) is 2.41. The number of carbonyl (C=O) groups is 1. The molecule has 0 aliphatic heterocycles. The Kier molecular flexibility index (Phi) is 6.80. The van der Waals surface area contributed by atoms with Crippen LogP contribution in [-0.2, 0) is 16.1 Å². The Labute approximate surface area is 134 Å². The van der Waals surface area contributed by atoms with Crippen molar-refractivity contribution >= 4 is 23.3 Å². The van der Waals surface area contributed by atoms with Crippen LogP contribution in [0.1, 0.15) is 22.7 Å². The van der Waals surface area contributed by atoms with Crippen molar-refractivity contribution in [3.8, 4) is 0 Å². The summed E-state index contributed by atoms with van der Waals surface area (Å²) in [6, 6.07) is 10.0. The summed E-state index contributed by atoms with van der Waals surface area (Å²) in [5.74, 6) is -0.103. The van der Waals surface area contributed by atoms with Gasteiger partial charge in [-0.2, -0.15) is 0 Å². The van der Waals surface area contributed by atoms with Gasteiger partial charge in [-0.15, -0.1) is 11.3 Å². The van der Waals surface area contributed by atoms with Gasteiger partial charge >= 0.3 is 0 Å². The highest BCUT2D eigenvalue weighted by atomic mass is 32.1. The van der Waals surface area contributed by atoms with E-state index in [9.17, 15) is 4.79 Å². The van der Waals surface area contributed by atoms with E-state index in [0.717, 1.165) is 22.7 Å². The number of ether oxygens (including phenoxy) is 1. The van der Waals surface area contributed by atoms with E-state index in [2.05, 4.69) is 10.3 Å². The van der Waals surface area contributed by atoms with Gasteiger partial charge in [0.05, 0.1) is 17.3 Å². The van der Waals surface area contributed by atoms with Crippen LogP contribution in [0.5, 0.6) is 0 Å². The Morgan fingerprint density at radius 2 is 2.18 bits per heavy atom. The van der Waals surface area contributed by atoms with Gasteiger partial charge in [0.15, 0.2) is 0 Å². The maximum Gasteiger partial charge on any atom is 0.244 e.